The summed E-state index contributed by atoms with van der Waals surface area (Å²) < 4.78 is 5.63. The number of nitrogens with zero attached hydrogens (tertiary/aromatic N) is 2. The Morgan fingerprint density at radius 2 is 2.14 bits per heavy atom. The molecule has 0 fully saturated rings. The van der Waals surface area contributed by atoms with Crippen molar-refractivity contribution in [2.24, 2.45) is 0 Å². The first-order valence-electron chi connectivity index (χ1n) is 1.56. The van der Waals surface area contributed by atoms with Gasteiger partial charge in [0.2, 0.25) is 0 Å². The van der Waals surface area contributed by atoms with Gasteiger partial charge in [-0.15, -0.1) is 0 Å². The van der Waals surface area contributed by atoms with E-state index in [4.69, 9.17) is 0 Å². The summed E-state index contributed by atoms with van der Waals surface area (Å²) in [6, 6.07) is 0. The average Bonchev–Trinajstić information content (AvgIpc) is 1.65. The zero-order chi connectivity index (χ0) is 4.99. The van der Waals surface area contributed by atoms with E-state index in [0.29, 0.717) is 0 Å². The molecule has 0 aliphatic heterocycles. The van der Waals surface area contributed by atoms with Crippen molar-refractivity contribution in [3.05, 3.63) is 3.64 Å². The Hall–Kier alpha value is 2.43. The molecule has 0 N–H and O–H groups in total. The van der Waals surface area contributed by atoms with Crippen molar-refractivity contribution >= 4 is 45.7 Å². The fourth-order valence-electron chi connectivity index (χ4n) is 0.0535. The molecular formula is C2H5I2N2U-. The third-order valence-electron chi connectivity index (χ3n) is 0.343. The average molecular weight is 549 g/mol. The van der Waals surface area contributed by atoms with Gasteiger partial charge in [0.25, 0.3) is 0 Å². The molecule has 7 heavy (non-hydrogen) atoms. The quantitative estimate of drug-likeness (QED) is 0.294. The fraction of sp³-hybridized carbons (Fsp3) is 1.00. The van der Waals surface area contributed by atoms with Crippen LogP contribution in [0.4, 0.5) is 0 Å². The van der Waals surface area contributed by atoms with Crippen LogP contribution in [0.15, 0.2) is 0 Å². The Bertz CT molecular complexity index is 32.9. The van der Waals surface area contributed by atoms with Crippen molar-refractivity contribution in [2.45, 2.75) is 6.92 Å². The molecule has 0 saturated carbocycles. The van der Waals surface area contributed by atoms with Crippen LogP contribution in [0.3, 0.4) is 0 Å². The summed E-state index contributed by atoms with van der Waals surface area (Å²) in [5, 5.41) is 0. The van der Waals surface area contributed by atoms with Crippen molar-refractivity contribution in [1.29, 1.82) is 0 Å². The van der Waals surface area contributed by atoms with Gasteiger partial charge in [-0.3, -0.25) is 0 Å². The second kappa shape index (κ2) is 8.43. The molecule has 5 heteroatoms. The van der Waals surface area contributed by atoms with Gasteiger partial charge in [-0.05, 0) is 29.4 Å². The van der Waals surface area contributed by atoms with Gasteiger partial charge in [0.1, 0.15) is 0 Å². The molecule has 0 atom stereocenters. The first-order chi connectivity index (χ1) is 2.81. The number of hydrogen-bond donors (Lipinski definition) is 0. The smallest absolute Gasteiger partial charge is 0 e. The van der Waals surface area contributed by atoms with E-state index < -0.39 is 0 Å². The van der Waals surface area contributed by atoms with Crippen LogP contribution in [0, 0.1) is 31.1 Å². The first-order valence-corrected chi connectivity index (χ1v) is 3.49. The molecule has 0 aromatic carbocycles. The molecule has 0 unspecified atom stereocenters. The molecule has 0 aromatic rings. The topological polar surface area (TPSA) is 17.3 Å². The predicted octanol–water partition coefficient (Wildman–Crippen LogP) is 2.30. The summed E-state index contributed by atoms with van der Waals surface area (Å²) in [5.74, 6) is 0. The number of halogens is 2. The molecule has 0 heterocycles. The first kappa shape index (κ1) is 12.1. The summed E-state index contributed by atoms with van der Waals surface area (Å²) in [7, 11) is 0. The van der Waals surface area contributed by atoms with Gasteiger partial charge in [-0.1, -0.05) is 6.92 Å². The summed E-state index contributed by atoms with van der Waals surface area (Å²) in [4.78, 5) is 0. The normalized spacial score (nSPS) is 8.57. The molecule has 0 aliphatic rings. The minimum Gasteiger partial charge on any atom is -0.524 e. The van der Waals surface area contributed by atoms with E-state index in [9.17, 15) is 0 Å². The summed E-state index contributed by atoms with van der Waals surface area (Å²) in [5.41, 5.74) is 0. The van der Waals surface area contributed by atoms with Crippen LogP contribution in [-0.2, 0) is 0 Å². The van der Waals surface area contributed by atoms with E-state index in [0.717, 1.165) is 6.54 Å². The molecule has 0 aromatic heterocycles. The second-order valence-corrected chi connectivity index (χ2v) is 2.27. The summed E-state index contributed by atoms with van der Waals surface area (Å²) >= 11 is 4.09. The largest absolute Gasteiger partial charge is 0.524 e. The Morgan fingerprint density at radius 1 is 1.71 bits per heavy atom. The molecule has 0 radical (unpaired) electrons. The SMILES string of the molecule is CCN(I)[N-]I.[U]. The standard InChI is InChI=1S/C2H5I2N2.U/c1-2-6(4)5-3;/h2H2,1H3;/q-1;. The van der Waals surface area contributed by atoms with E-state index in [-0.39, 0.29) is 31.1 Å². The third kappa shape index (κ3) is 8.43. The van der Waals surface area contributed by atoms with Crippen molar-refractivity contribution in [1.82, 2.24) is 3.22 Å². The zero-order valence-electron chi connectivity index (χ0n) is 3.86. The van der Waals surface area contributed by atoms with Crippen LogP contribution in [0.5, 0.6) is 0 Å². The molecule has 0 saturated heterocycles. The van der Waals surface area contributed by atoms with Gasteiger partial charge >= 0.3 is 0 Å². The van der Waals surface area contributed by atoms with Crippen molar-refractivity contribution in [3.63, 3.8) is 0 Å². The number of rotatable bonds is 2. The van der Waals surface area contributed by atoms with Crippen LogP contribution in [0.25, 0.3) is 3.64 Å². The van der Waals surface area contributed by atoms with E-state index in [1.165, 1.54) is 0 Å². The monoisotopic (exact) mass is 549 g/mol. The van der Waals surface area contributed by atoms with Crippen LogP contribution in [-0.4, -0.2) is 9.77 Å². The van der Waals surface area contributed by atoms with Crippen LogP contribution >= 0.6 is 45.7 Å². The molecule has 0 bridgehead atoms. The summed E-state index contributed by atoms with van der Waals surface area (Å²) in [6.07, 6.45) is 0. The van der Waals surface area contributed by atoms with Crippen LogP contribution in [0.2, 0.25) is 0 Å². The van der Waals surface area contributed by atoms with E-state index in [1.807, 2.05) is 26.1 Å². The maximum Gasteiger partial charge on any atom is 0 e. The Balaban J connectivity index is 0. The molecule has 0 spiro atoms. The predicted molar refractivity (Wildman–Crippen MR) is 43.8 cm³/mol. The van der Waals surface area contributed by atoms with Gasteiger partial charge in [0.05, 0.1) is 0 Å². The van der Waals surface area contributed by atoms with E-state index in [2.05, 4.69) is 33.4 Å². The Morgan fingerprint density at radius 3 is 2.14 bits per heavy atom. The maximum absolute atomic E-state index is 3.80. The van der Waals surface area contributed by atoms with Crippen molar-refractivity contribution in [2.75, 3.05) is 6.54 Å². The number of hydrogen-bond acceptors (Lipinski definition) is 1. The van der Waals surface area contributed by atoms with E-state index in [1.54, 1.807) is 0 Å². The summed E-state index contributed by atoms with van der Waals surface area (Å²) in [6.45, 7) is 3.03. The van der Waals surface area contributed by atoms with Gasteiger partial charge in [-0.2, -0.15) is 0 Å². The van der Waals surface area contributed by atoms with E-state index >= 15 is 0 Å². The molecule has 2 nitrogen and oxygen atoms in total. The minimum atomic E-state index is 0. The molecule has 0 amide bonds. The molecule has 0 aliphatic carbocycles. The van der Waals surface area contributed by atoms with Crippen LogP contribution in [0.1, 0.15) is 6.92 Å². The minimum absolute atomic E-state index is 0. The van der Waals surface area contributed by atoms with Gasteiger partial charge < -0.3 is 6.86 Å². The fourth-order valence-corrected chi connectivity index (χ4v) is 0.359. The zero-order valence-corrected chi connectivity index (χ0v) is 12.3. The van der Waals surface area contributed by atoms with Gasteiger partial charge in [0.15, 0.2) is 0 Å². The maximum atomic E-state index is 3.80. The van der Waals surface area contributed by atoms with Crippen molar-refractivity contribution in [3.8, 4) is 0 Å². The Labute approximate surface area is 95.5 Å². The van der Waals surface area contributed by atoms with Crippen molar-refractivity contribution < 1.29 is 31.1 Å². The second-order valence-electron chi connectivity index (χ2n) is 0.728. The third-order valence-corrected chi connectivity index (χ3v) is 2.59. The van der Waals surface area contributed by atoms with Crippen LogP contribution < -0.4 is 0 Å². The molecular weight excluding hydrogens is 544 g/mol. The molecule has 42 valence electrons. The van der Waals surface area contributed by atoms with Gasteiger partial charge in [0, 0.05) is 31.1 Å². The van der Waals surface area contributed by atoms with Gasteiger partial charge in [-0.25, -0.2) is 22.9 Å². The molecule has 0 rings (SSSR count). The Kier molecular flexibility index (Phi) is 14.6.